The van der Waals surface area contributed by atoms with Gasteiger partial charge in [-0.1, -0.05) is 23.9 Å². The lowest BCUT2D eigenvalue weighted by Crippen LogP contribution is -2.10. The summed E-state index contributed by atoms with van der Waals surface area (Å²) in [6, 6.07) is 6.34. The maximum absolute atomic E-state index is 11.7. The van der Waals surface area contributed by atoms with Gasteiger partial charge >= 0.3 is 0 Å². The number of aromatic nitrogens is 4. The topological polar surface area (TPSA) is 144 Å². The molecular formula is C12H10N6O3S. The van der Waals surface area contributed by atoms with Crippen LogP contribution in [0.3, 0.4) is 0 Å². The molecule has 0 saturated carbocycles. The molecular weight excluding hydrogens is 308 g/mol. The van der Waals surface area contributed by atoms with Crippen LogP contribution in [0.15, 0.2) is 34.2 Å². The summed E-state index contributed by atoms with van der Waals surface area (Å²) in [6.45, 7) is 0. The second-order valence-electron chi connectivity index (χ2n) is 4.41. The first kappa shape index (κ1) is 14.1. The Labute approximate surface area is 127 Å². The van der Waals surface area contributed by atoms with Crippen LogP contribution in [0.4, 0.5) is 11.6 Å². The molecule has 2 heterocycles. The fourth-order valence-electron chi connectivity index (χ4n) is 1.88. The summed E-state index contributed by atoms with van der Waals surface area (Å²) in [5.74, 6) is 0.466. The Bertz CT molecular complexity index is 919. The SMILES string of the molecule is Nc1nc2nc(SCc3cccc([N+](=O)[O-])c3)[nH]c2c(=O)[nH]1. The highest BCUT2D eigenvalue weighted by Gasteiger charge is 2.10. The van der Waals surface area contributed by atoms with Crippen LogP contribution in [0.5, 0.6) is 0 Å². The first-order chi connectivity index (χ1) is 10.5. The lowest BCUT2D eigenvalue weighted by molar-refractivity contribution is -0.384. The zero-order chi connectivity index (χ0) is 15.7. The molecule has 0 aliphatic heterocycles. The number of anilines is 1. The van der Waals surface area contributed by atoms with Crippen LogP contribution in [-0.4, -0.2) is 24.9 Å². The number of imidazole rings is 1. The highest BCUT2D eigenvalue weighted by molar-refractivity contribution is 7.98. The second kappa shape index (κ2) is 5.48. The smallest absolute Gasteiger partial charge is 0.278 e. The van der Waals surface area contributed by atoms with Crippen LogP contribution >= 0.6 is 11.8 Å². The molecule has 4 N–H and O–H groups in total. The molecule has 1 aromatic carbocycles. The van der Waals surface area contributed by atoms with Crippen molar-refractivity contribution in [1.29, 1.82) is 0 Å². The molecule has 0 spiro atoms. The van der Waals surface area contributed by atoms with Gasteiger partial charge in [-0.2, -0.15) is 4.98 Å². The molecule has 112 valence electrons. The van der Waals surface area contributed by atoms with E-state index in [1.54, 1.807) is 12.1 Å². The van der Waals surface area contributed by atoms with Crippen molar-refractivity contribution < 1.29 is 4.92 Å². The highest BCUT2D eigenvalue weighted by Crippen LogP contribution is 2.23. The quantitative estimate of drug-likeness (QED) is 0.375. The van der Waals surface area contributed by atoms with Gasteiger partial charge in [0.2, 0.25) is 5.95 Å². The number of nitrogens with one attached hydrogen (secondary N) is 2. The zero-order valence-corrected chi connectivity index (χ0v) is 11.9. The molecule has 0 saturated heterocycles. The summed E-state index contributed by atoms with van der Waals surface area (Å²) in [4.78, 5) is 35.3. The largest absolute Gasteiger partial charge is 0.369 e. The number of nitro groups is 1. The van der Waals surface area contributed by atoms with Gasteiger partial charge in [0.05, 0.1) is 4.92 Å². The van der Waals surface area contributed by atoms with Gasteiger partial charge in [0.15, 0.2) is 16.3 Å². The van der Waals surface area contributed by atoms with E-state index in [0.29, 0.717) is 10.9 Å². The third-order valence-corrected chi connectivity index (χ3v) is 3.80. The van der Waals surface area contributed by atoms with E-state index in [1.165, 1.54) is 23.9 Å². The summed E-state index contributed by atoms with van der Waals surface area (Å²) in [5, 5.41) is 11.2. The fraction of sp³-hybridized carbons (Fsp3) is 0.0833. The first-order valence-electron chi connectivity index (χ1n) is 6.14. The Hall–Kier alpha value is -2.88. The predicted molar refractivity (Wildman–Crippen MR) is 81.6 cm³/mol. The summed E-state index contributed by atoms with van der Waals surface area (Å²) in [7, 11) is 0. The molecule has 3 rings (SSSR count). The van der Waals surface area contributed by atoms with Crippen LogP contribution in [0.25, 0.3) is 11.2 Å². The normalized spacial score (nSPS) is 10.9. The maximum atomic E-state index is 11.7. The average molecular weight is 318 g/mol. The number of thioether (sulfide) groups is 1. The van der Waals surface area contributed by atoms with Gasteiger partial charge in [0.25, 0.3) is 11.2 Å². The van der Waals surface area contributed by atoms with E-state index < -0.39 is 10.5 Å². The fourth-order valence-corrected chi connectivity index (χ4v) is 2.69. The number of nitrogens with zero attached hydrogens (tertiary/aromatic N) is 3. The van der Waals surface area contributed by atoms with Crippen molar-refractivity contribution in [3.05, 3.63) is 50.3 Å². The van der Waals surface area contributed by atoms with Crippen molar-refractivity contribution in [3.63, 3.8) is 0 Å². The van der Waals surface area contributed by atoms with Crippen molar-refractivity contribution in [2.45, 2.75) is 10.9 Å². The lowest BCUT2D eigenvalue weighted by Gasteiger charge is -1.99. The number of non-ortho nitro benzene ring substituents is 1. The average Bonchev–Trinajstić information content (AvgIpc) is 2.88. The number of nitrogen functional groups attached to an aromatic ring is 1. The number of aromatic amines is 2. The molecule has 10 heteroatoms. The number of benzene rings is 1. The number of hydrogen-bond acceptors (Lipinski definition) is 7. The number of nitro benzene ring substituents is 1. The molecule has 3 aromatic rings. The van der Waals surface area contributed by atoms with Crippen molar-refractivity contribution in [2.24, 2.45) is 0 Å². The van der Waals surface area contributed by atoms with Crippen molar-refractivity contribution >= 4 is 34.6 Å². The van der Waals surface area contributed by atoms with Crippen molar-refractivity contribution in [3.8, 4) is 0 Å². The summed E-state index contributed by atoms with van der Waals surface area (Å²) >= 11 is 1.31. The number of nitrogens with two attached hydrogens (primary N) is 1. The van der Waals surface area contributed by atoms with Gasteiger partial charge in [-0.3, -0.25) is 19.9 Å². The molecule has 0 bridgehead atoms. The number of hydrogen-bond donors (Lipinski definition) is 3. The standard InChI is InChI=1S/C12H10N6O3S/c13-11-15-9-8(10(19)17-11)14-12(16-9)22-5-6-2-1-3-7(4-6)18(20)21/h1-4H,5H2,(H4,13,14,15,16,17,19). The van der Waals surface area contributed by atoms with Crippen LogP contribution < -0.4 is 11.3 Å². The Balaban J connectivity index is 1.82. The monoisotopic (exact) mass is 318 g/mol. The molecule has 0 fully saturated rings. The summed E-state index contributed by atoms with van der Waals surface area (Å²) in [5.41, 5.74) is 6.36. The highest BCUT2D eigenvalue weighted by atomic mass is 32.2. The van der Waals surface area contributed by atoms with E-state index in [9.17, 15) is 14.9 Å². The molecule has 22 heavy (non-hydrogen) atoms. The predicted octanol–water partition coefficient (Wildman–Crippen LogP) is 1.43. The van der Waals surface area contributed by atoms with Crippen LogP contribution in [0.2, 0.25) is 0 Å². The Morgan fingerprint density at radius 3 is 2.91 bits per heavy atom. The zero-order valence-electron chi connectivity index (χ0n) is 11.1. The molecule has 9 nitrogen and oxygen atoms in total. The first-order valence-corrected chi connectivity index (χ1v) is 7.13. The molecule has 0 aliphatic carbocycles. The molecule has 0 amide bonds. The minimum atomic E-state index is -0.443. The molecule has 2 aromatic heterocycles. The lowest BCUT2D eigenvalue weighted by atomic mass is 10.2. The van der Waals surface area contributed by atoms with Crippen molar-refractivity contribution in [2.75, 3.05) is 5.73 Å². The van der Waals surface area contributed by atoms with E-state index in [1.807, 2.05) is 0 Å². The van der Waals surface area contributed by atoms with E-state index in [-0.39, 0.29) is 22.8 Å². The van der Waals surface area contributed by atoms with Crippen molar-refractivity contribution in [1.82, 2.24) is 19.9 Å². The van der Waals surface area contributed by atoms with E-state index >= 15 is 0 Å². The number of H-pyrrole nitrogens is 2. The van der Waals surface area contributed by atoms with Gasteiger partial charge in [0.1, 0.15) is 0 Å². The van der Waals surface area contributed by atoms with Gasteiger partial charge in [0, 0.05) is 17.9 Å². The van der Waals surface area contributed by atoms with Gasteiger partial charge in [-0.05, 0) is 5.56 Å². The Morgan fingerprint density at radius 1 is 1.32 bits per heavy atom. The molecule has 0 aliphatic rings. The minimum Gasteiger partial charge on any atom is -0.369 e. The Kier molecular flexibility index (Phi) is 3.51. The van der Waals surface area contributed by atoms with E-state index in [4.69, 9.17) is 5.73 Å². The minimum absolute atomic E-state index is 0.000709. The molecule has 0 unspecified atom stereocenters. The maximum Gasteiger partial charge on any atom is 0.278 e. The second-order valence-corrected chi connectivity index (χ2v) is 5.37. The summed E-state index contributed by atoms with van der Waals surface area (Å²) < 4.78 is 0. The van der Waals surface area contributed by atoms with Crippen LogP contribution in [0.1, 0.15) is 5.56 Å². The molecule has 0 atom stereocenters. The molecule has 0 radical (unpaired) electrons. The van der Waals surface area contributed by atoms with Gasteiger partial charge in [-0.25, -0.2) is 4.98 Å². The van der Waals surface area contributed by atoms with Gasteiger partial charge < -0.3 is 10.7 Å². The van der Waals surface area contributed by atoms with Crippen LogP contribution in [0, 0.1) is 10.1 Å². The van der Waals surface area contributed by atoms with Crippen LogP contribution in [-0.2, 0) is 5.75 Å². The number of rotatable bonds is 4. The third-order valence-electron chi connectivity index (χ3n) is 2.85. The Morgan fingerprint density at radius 2 is 2.14 bits per heavy atom. The van der Waals surface area contributed by atoms with E-state index in [2.05, 4.69) is 19.9 Å². The number of fused-ring (bicyclic) bond motifs is 1. The summed E-state index contributed by atoms with van der Waals surface area (Å²) in [6.07, 6.45) is 0. The third kappa shape index (κ3) is 2.76. The van der Waals surface area contributed by atoms with E-state index in [0.717, 1.165) is 5.56 Å². The van der Waals surface area contributed by atoms with Gasteiger partial charge in [-0.15, -0.1) is 0 Å².